The zero-order valence-electron chi connectivity index (χ0n) is 15.9. The number of rotatable bonds is 6. The maximum Gasteiger partial charge on any atom is 0.241 e. The molecule has 1 N–H and O–H groups in total. The molecule has 7 nitrogen and oxygen atoms in total. The van der Waals surface area contributed by atoms with E-state index in [9.17, 15) is 4.79 Å². The SMILES string of the molecule is O=C(NCc1ccncc1)C1CCN(Cc2nc(-c3ccc(Br)cc3)no2)CC1. The number of likely N-dealkylation sites (tertiary alicyclic amines) is 1. The first kappa shape index (κ1) is 19.7. The highest BCUT2D eigenvalue weighted by atomic mass is 79.9. The number of pyridine rings is 1. The fourth-order valence-electron chi connectivity index (χ4n) is 3.41. The Hall–Kier alpha value is -2.58. The molecule has 0 atom stereocenters. The Morgan fingerprint density at radius 3 is 2.59 bits per heavy atom. The van der Waals surface area contributed by atoms with Gasteiger partial charge in [-0.2, -0.15) is 4.98 Å². The molecule has 2 aromatic heterocycles. The number of halogens is 1. The summed E-state index contributed by atoms with van der Waals surface area (Å²) in [6.07, 6.45) is 5.13. The largest absolute Gasteiger partial charge is 0.352 e. The average molecular weight is 456 g/mol. The lowest BCUT2D eigenvalue weighted by atomic mass is 9.96. The molecule has 1 fully saturated rings. The quantitative estimate of drug-likeness (QED) is 0.612. The summed E-state index contributed by atoms with van der Waals surface area (Å²) >= 11 is 3.42. The van der Waals surface area contributed by atoms with Crippen molar-refractivity contribution in [3.05, 3.63) is 64.7 Å². The highest BCUT2D eigenvalue weighted by Gasteiger charge is 2.25. The van der Waals surface area contributed by atoms with Crippen LogP contribution < -0.4 is 5.32 Å². The summed E-state index contributed by atoms with van der Waals surface area (Å²) in [7, 11) is 0. The predicted molar refractivity (Wildman–Crippen MR) is 112 cm³/mol. The van der Waals surface area contributed by atoms with Crippen molar-refractivity contribution in [3.8, 4) is 11.4 Å². The topological polar surface area (TPSA) is 84.2 Å². The number of nitrogens with one attached hydrogen (secondary N) is 1. The van der Waals surface area contributed by atoms with Crippen LogP contribution in [0.1, 0.15) is 24.3 Å². The highest BCUT2D eigenvalue weighted by molar-refractivity contribution is 9.10. The van der Waals surface area contributed by atoms with E-state index in [2.05, 4.69) is 41.3 Å². The predicted octanol–water partition coefficient (Wildman–Crippen LogP) is 3.42. The number of nitrogens with zero attached hydrogens (tertiary/aromatic N) is 4. The molecule has 4 rings (SSSR count). The van der Waals surface area contributed by atoms with Gasteiger partial charge in [0.1, 0.15) is 0 Å². The van der Waals surface area contributed by atoms with Gasteiger partial charge in [-0.1, -0.05) is 21.1 Å². The van der Waals surface area contributed by atoms with E-state index >= 15 is 0 Å². The third-order valence-corrected chi connectivity index (χ3v) is 5.63. The van der Waals surface area contributed by atoms with Crippen LogP contribution in [0.15, 0.2) is 57.8 Å². The number of aromatic nitrogens is 3. The van der Waals surface area contributed by atoms with Crippen molar-refractivity contribution in [1.29, 1.82) is 0 Å². The van der Waals surface area contributed by atoms with Crippen molar-refractivity contribution >= 4 is 21.8 Å². The molecule has 0 bridgehead atoms. The van der Waals surface area contributed by atoms with Crippen LogP contribution in [0.4, 0.5) is 0 Å². The molecule has 0 aliphatic carbocycles. The Kier molecular flexibility index (Phi) is 6.31. The van der Waals surface area contributed by atoms with E-state index in [0.717, 1.165) is 41.5 Å². The van der Waals surface area contributed by atoms with Crippen molar-refractivity contribution in [2.75, 3.05) is 13.1 Å². The van der Waals surface area contributed by atoms with E-state index in [1.165, 1.54) is 0 Å². The fourth-order valence-corrected chi connectivity index (χ4v) is 3.68. The molecule has 0 radical (unpaired) electrons. The Balaban J connectivity index is 1.25. The smallest absolute Gasteiger partial charge is 0.241 e. The third-order valence-electron chi connectivity index (χ3n) is 5.10. The minimum Gasteiger partial charge on any atom is -0.352 e. The number of benzene rings is 1. The van der Waals surface area contributed by atoms with Crippen molar-refractivity contribution < 1.29 is 9.32 Å². The number of carbonyl (C=O) groups excluding carboxylic acids is 1. The van der Waals surface area contributed by atoms with E-state index in [1.54, 1.807) is 12.4 Å². The molecule has 0 saturated carbocycles. The summed E-state index contributed by atoms with van der Waals surface area (Å²) in [5.74, 6) is 1.37. The molecule has 3 aromatic rings. The maximum absolute atomic E-state index is 12.4. The molecule has 29 heavy (non-hydrogen) atoms. The van der Waals surface area contributed by atoms with E-state index in [0.29, 0.717) is 24.8 Å². The molecule has 1 aliphatic heterocycles. The minimum atomic E-state index is 0.0501. The molecule has 1 aromatic carbocycles. The number of amides is 1. The third kappa shape index (κ3) is 5.27. The molecule has 150 valence electrons. The van der Waals surface area contributed by atoms with Crippen molar-refractivity contribution in [2.24, 2.45) is 5.92 Å². The van der Waals surface area contributed by atoms with Gasteiger partial charge in [0.25, 0.3) is 0 Å². The lowest BCUT2D eigenvalue weighted by Crippen LogP contribution is -2.40. The van der Waals surface area contributed by atoms with Crippen LogP contribution >= 0.6 is 15.9 Å². The molecule has 3 heterocycles. The molecule has 8 heteroatoms. The Labute approximate surface area is 177 Å². The summed E-state index contributed by atoms with van der Waals surface area (Å²) in [5.41, 5.74) is 1.98. The van der Waals surface area contributed by atoms with Crippen LogP contribution in [0.2, 0.25) is 0 Å². The highest BCUT2D eigenvalue weighted by Crippen LogP contribution is 2.22. The summed E-state index contributed by atoms with van der Waals surface area (Å²) in [6.45, 7) is 2.82. The van der Waals surface area contributed by atoms with Crippen LogP contribution in [0, 0.1) is 5.92 Å². The Morgan fingerprint density at radius 1 is 1.14 bits per heavy atom. The monoisotopic (exact) mass is 455 g/mol. The summed E-state index contributed by atoms with van der Waals surface area (Å²) in [4.78, 5) is 23.2. The van der Waals surface area contributed by atoms with E-state index in [-0.39, 0.29) is 11.8 Å². The average Bonchev–Trinajstić information content (AvgIpc) is 3.22. The summed E-state index contributed by atoms with van der Waals surface area (Å²) < 4.78 is 6.43. The second-order valence-corrected chi connectivity index (χ2v) is 8.06. The lowest BCUT2D eigenvalue weighted by Gasteiger charge is -2.30. The van der Waals surface area contributed by atoms with Gasteiger partial charge >= 0.3 is 0 Å². The molecule has 1 amide bonds. The molecule has 1 aliphatic rings. The summed E-state index contributed by atoms with van der Waals surface area (Å²) in [5, 5.41) is 7.11. The van der Waals surface area contributed by atoms with Crippen LogP contribution in [0.5, 0.6) is 0 Å². The van der Waals surface area contributed by atoms with Gasteiger partial charge < -0.3 is 9.84 Å². The molecule has 0 unspecified atom stereocenters. The van der Waals surface area contributed by atoms with Crippen molar-refractivity contribution in [3.63, 3.8) is 0 Å². The molecule has 1 saturated heterocycles. The van der Waals surface area contributed by atoms with Gasteiger partial charge in [-0.3, -0.25) is 14.7 Å². The number of hydrogen-bond donors (Lipinski definition) is 1. The second-order valence-electron chi connectivity index (χ2n) is 7.14. The molecular weight excluding hydrogens is 434 g/mol. The van der Waals surface area contributed by atoms with Crippen LogP contribution in [-0.2, 0) is 17.9 Å². The Bertz CT molecular complexity index is 937. The summed E-state index contributed by atoms with van der Waals surface area (Å²) in [6, 6.07) is 11.6. The first-order valence-corrected chi connectivity index (χ1v) is 10.4. The number of carbonyl (C=O) groups is 1. The van der Waals surface area contributed by atoms with Gasteiger partial charge in [0.2, 0.25) is 17.6 Å². The van der Waals surface area contributed by atoms with Crippen molar-refractivity contribution in [1.82, 2.24) is 25.3 Å². The maximum atomic E-state index is 12.4. The van der Waals surface area contributed by atoms with Gasteiger partial charge in [-0.05, 0) is 67.9 Å². The number of piperidine rings is 1. The van der Waals surface area contributed by atoms with Gasteiger partial charge in [-0.15, -0.1) is 0 Å². The van der Waals surface area contributed by atoms with Crippen LogP contribution in [0.25, 0.3) is 11.4 Å². The zero-order valence-corrected chi connectivity index (χ0v) is 17.5. The number of hydrogen-bond acceptors (Lipinski definition) is 6. The first-order chi connectivity index (χ1) is 14.2. The first-order valence-electron chi connectivity index (χ1n) is 9.65. The van der Waals surface area contributed by atoms with Crippen molar-refractivity contribution in [2.45, 2.75) is 25.9 Å². The fraction of sp³-hybridized carbons (Fsp3) is 0.333. The molecular formula is C21H22BrN5O2. The van der Waals surface area contributed by atoms with Crippen LogP contribution in [-0.4, -0.2) is 39.0 Å². The minimum absolute atomic E-state index is 0.0501. The van der Waals surface area contributed by atoms with Gasteiger partial charge in [-0.25, -0.2) is 0 Å². The second kappa shape index (κ2) is 9.28. The van der Waals surface area contributed by atoms with E-state index in [1.807, 2.05) is 36.4 Å². The van der Waals surface area contributed by atoms with Gasteiger partial charge in [0, 0.05) is 34.9 Å². The normalized spacial score (nSPS) is 15.3. The lowest BCUT2D eigenvalue weighted by molar-refractivity contribution is -0.126. The Morgan fingerprint density at radius 2 is 1.86 bits per heavy atom. The standard InChI is InChI=1S/C21H22BrN5O2/c22-18-3-1-16(2-4-18)20-25-19(29-26-20)14-27-11-7-17(8-12-27)21(28)24-13-15-5-9-23-10-6-15/h1-6,9-10,17H,7-8,11-14H2,(H,24,28). The van der Waals surface area contributed by atoms with Gasteiger partial charge in [0.05, 0.1) is 6.54 Å². The van der Waals surface area contributed by atoms with E-state index in [4.69, 9.17) is 4.52 Å². The van der Waals surface area contributed by atoms with Gasteiger partial charge in [0.15, 0.2) is 0 Å². The zero-order chi connectivity index (χ0) is 20.1. The van der Waals surface area contributed by atoms with Crippen LogP contribution in [0.3, 0.4) is 0 Å². The van der Waals surface area contributed by atoms with E-state index < -0.39 is 0 Å². The molecule has 0 spiro atoms.